The Kier molecular flexibility index (Phi) is 4.68. The number of hydrogen-bond acceptors (Lipinski definition) is 4. The van der Waals surface area contributed by atoms with Crippen molar-refractivity contribution in [2.24, 2.45) is 0 Å². The number of alkyl halides is 1. The Balaban J connectivity index is 2.24. The first-order chi connectivity index (χ1) is 9.19. The molecule has 0 unspecified atom stereocenters. The highest BCUT2D eigenvalue weighted by Gasteiger charge is 2.46. The standard InChI is InChI=1S/C13H18FNO4/c1-3-18-12-9(8-17-2)19-13(11(12)14)15-7-5-4-6-10(15)16/h4-7,9,11-13H,3,8H2,1-2H3/t9-,11-,12-,13-/m1/s1. The molecule has 0 saturated carbocycles. The predicted octanol–water partition coefficient (Wildman–Crippen LogP) is 1.14. The number of pyridine rings is 1. The van der Waals surface area contributed by atoms with E-state index in [0.717, 1.165) is 0 Å². The van der Waals surface area contributed by atoms with E-state index in [2.05, 4.69) is 0 Å². The average Bonchev–Trinajstić information content (AvgIpc) is 2.69. The van der Waals surface area contributed by atoms with E-state index < -0.39 is 24.6 Å². The van der Waals surface area contributed by atoms with Crippen LogP contribution in [0, 0.1) is 0 Å². The molecule has 1 aromatic heterocycles. The van der Waals surface area contributed by atoms with Gasteiger partial charge in [0.2, 0.25) is 0 Å². The van der Waals surface area contributed by atoms with Gasteiger partial charge < -0.3 is 14.2 Å². The Morgan fingerprint density at radius 3 is 2.89 bits per heavy atom. The topological polar surface area (TPSA) is 49.7 Å². The minimum Gasteiger partial charge on any atom is -0.382 e. The highest BCUT2D eigenvalue weighted by Crippen LogP contribution is 2.33. The Bertz CT molecular complexity index is 464. The van der Waals surface area contributed by atoms with Gasteiger partial charge in [-0.1, -0.05) is 6.07 Å². The van der Waals surface area contributed by atoms with Crippen molar-refractivity contribution in [2.75, 3.05) is 20.3 Å². The molecule has 5 nitrogen and oxygen atoms in total. The first-order valence-electron chi connectivity index (χ1n) is 6.26. The molecule has 19 heavy (non-hydrogen) atoms. The quantitative estimate of drug-likeness (QED) is 0.805. The van der Waals surface area contributed by atoms with Crippen LogP contribution in [0.1, 0.15) is 13.2 Å². The summed E-state index contributed by atoms with van der Waals surface area (Å²) in [5.41, 5.74) is -0.302. The molecule has 0 bridgehead atoms. The first-order valence-corrected chi connectivity index (χ1v) is 6.26. The second kappa shape index (κ2) is 6.27. The lowest BCUT2D eigenvalue weighted by molar-refractivity contribution is -0.0678. The summed E-state index contributed by atoms with van der Waals surface area (Å²) in [7, 11) is 1.52. The number of methoxy groups -OCH3 is 1. The summed E-state index contributed by atoms with van der Waals surface area (Å²) in [5, 5.41) is 0. The monoisotopic (exact) mass is 271 g/mol. The molecule has 1 aliphatic heterocycles. The fourth-order valence-corrected chi connectivity index (χ4v) is 2.26. The number of hydrogen-bond donors (Lipinski definition) is 0. The second-order valence-electron chi connectivity index (χ2n) is 4.33. The highest BCUT2D eigenvalue weighted by molar-refractivity contribution is 4.98. The minimum atomic E-state index is -1.40. The van der Waals surface area contributed by atoms with E-state index >= 15 is 0 Å². The van der Waals surface area contributed by atoms with Crippen molar-refractivity contribution in [3.63, 3.8) is 0 Å². The lowest BCUT2D eigenvalue weighted by atomic mass is 10.1. The average molecular weight is 271 g/mol. The molecule has 2 heterocycles. The maximum atomic E-state index is 14.4. The van der Waals surface area contributed by atoms with Crippen molar-refractivity contribution in [1.82, 2.24) is 4.57 Å². The van der Waals surface area contributed by atoms with Crippen LogP contribution in [0.3, 0.4) is 0 Å². The third-order valence-electron chi connectivity index (χ3n) is 3.08. The van der Waals surface area contributed by atoms with E-state index in [9.17, 15) is 9.18 Å². The number of aromatic nitrogens is 1. The van der Waals surface area contributed by atoms with Gasteiger partial charge in [0.25, 0.3) is 5.56 Å². The molecule has 0 amide bonds. The fraction of sp³-hybridized carbons (Fsp3) is 0.615. The van der Waals surface area contributed by atoms with Gasteiger partial charge in [-0.15, -0.1) is 0 Å². The van der Waals surface area contributed by atoms with Crippen molar-refractivity contribution in [3.05, 3.63) is 34.7 Å². The van der Waals surface area contributed by atoms with Gasteiger partial charge in [0.15, 0.2) is 12.4 Å². The largest absolute Gasteiger partial charge is 0.382 e. The lowest BCUT2D eigenvalue weighted by Gasteiger charge is -2.18. The lowest BCUT2D eigenvalue weighted by Crippen LogP contribution is -2.35. The zero-order valence-corrected chi connectivity index (χ0v) is 11.0. The summed E-state index contributed by atoms with van der Waals surface area (Å²) in [6.07, 6.45) is -2.10. The summed E-state index contributed by atoms with van der Waals surface area (Å²) in [5.74, 6) is 0. The number of rotatable bonds is 5. The Morgan fingerprint density at radius 2 is 2.26 bits per heavy atom. The molecule has 0 spiro atoms. The van der Waals surface area contributed by atoms with Crippen LogP contribution < -0.4 is 5.56 Å². The summed E-state index contributed by atoms with van der Waals surface area (Å²) < 4.78 is 31.6. The van der Waals surface area contributed by atoms with Crippen LogP contribution in [0.25, 0.3) is 0 Å². The van der Waals surface area contributed by atoms with Crippen LogP contribution in [0.4, 0.5) is 4.39 Å². The van der Waals surface area contributed by atoms with Crippen molar-refractivity contribution in [2.45, 2.75) is 31.5 Å². The zero-order valence-electron chi connectivity index (χ0n) is 11.0. The van der Waals surface area contributed by atoms with Gasteiger partial charge in [0.05, 0.1) is 6.61 Å². The molecule has 1 aromatic rings. The molecule has 0 aromatic carbocycles. The van der Waals surface area contributed by atoms with Crippen LogP contribution in [0.2, 0.25) is 0 Å². The molecular formula is C13H18FNO4. The maximum Gasteiger partial charge on any atom is 0.252 e. The molecule has 0 N–H and O–H groups in total. The van der Waals surface area contributed by atoms with Gasteiger partial charge in [-0.05, 0) is 13.0 Å². The first kappa shape index (κ1) is 14.2. The van der Waals surface area contributed by atoms with Crippen molar-refractivity contribution >= 4 is 0 Å². The Hall–Kier alpha value is -1.24. The highest BCUT2D eigenvalue weighted by atomic mass is 19.1. The fourth-order valence-electron chi connectivity index (χ4n) is 2.26. The normalized spacial score (nSPS) is 30.7. The zero-order chi connectivity index (χ0) is 13.8. The van der Waals surface area contributed by atoms with E-state index in [4.69, 9.17) is 14.2 Å². The van der Waals surface area contributed by atoms with Gasteiger partial charge in [0.1, 0.15) is 12.2 Å². The van der Waals surface area contributed by atoms with Crippen LogP contribution in [-0.2, 0) is 14.2 Å². The van der Waals surface area contributed by atoms with Gasteiger partial charge in [-0.3, -0.25) is 9.36 Å². The molecule has 1 aliphatic rings. The minimum absolute atomic E-state index is 0.225. The summed E-state index contributed by atoms with van der Waals surface area (Å²) in [6.45, 7) is 2.40. The number of halogens is 1. The summed E-state index contributed by atoms with van der Waals surface area (Å²) in [4.78, 5) is 11.7. The van der Waals surface area contributed by atoms with Gasteiger partial charge in [0, 0.05) is 26.0 Å². The molecule has 6 heteroatoms. The van der Waals surface area contributed by atoms with Gasteiger partial charge in [-0.25, -0.2) is 4.39 Å². The van der Waals surface area contributed by atoms with Gasteiger partial charge >= 0.3 is 0 Å². The molecule has 2 rings (SSSR count). The van der Waals surface area contributed by atoms with Gasteiger partial charge in [-0.2, -0.15) is 0 Å². The van der Waals surface area contributed by atoms with E-state index in [1.165, 1.54) is 23.9 Å². The third kappa shape index (κ3) is 2.86. The van der Waals surface area contributed by atoms with Crippen molar-refractivity contribution in [3.8, 4) is 0 Å². The van der Waals surface area contributed by atoms with Crippen LogP contribution in [0.15, 0.2) is 29.2 Å². The summed E-state index contributed by atoms with van der Waals surface area (Å²) >= 11 is 0. The molecular weight excluding hydrogens is 253 g/mol. The molecule has 1 saturated heterocycles. The van der Waals surface area contributed by atoms with Crippen molar-refractivity contribution in [1.29, 1.82) is 0 Å². The van der Waals surface area contributed by atoms with E-state index in [1.54, 1.807) is 19.1 Å². The molecule has 4 atom stereocenters. The van der Waals surface area contributed by atoms with Crippen LogP contribution in [0.5, 0.6) is 0 Å². The smallest absolute Gasteiger partial charge is 0.252 e. The van der Waals surface area contributed by atoms with E-state index in [1.807, 2.05) is 0 Å². The van der Waals surface area contributed by atoms with E-state index in [-0.39, 0.29) is 12.2 Å². The third-order valence-corrected chi connectivity index (χ3v) is 3.08. The molecule has 0 aliphatic carbocycles. The second-order valence-corrected chi connectivity index (χ2v) is 4.33. The van der Waals surface area contributed by atoms with Crippen LogP contribution in [-0.4, -0.2) is 43.3 Å². The van der Waals surface area contributed by atoms with E-state index in [0.29, 0.717) is 6.61 Å². The maximum absolute atomic E-state index is 14.4. The summed E-state index contributed by atoms with van der Waals surface area (Å²) in [6, 6.07) is 4.64. The van der Waals surface area contributed by atoms with Crippen LogP contribution >= 0.6 is 0 Å². The number of nitrogens with zero attached hydrogens (tertiary/aromatic N) is 1. The predicted molar refractivity (Wildman–Crippen MR) is 66.8 cm³/mol. The Morgan fingerprint density at radius 1 is 1.47 bits per heavy atom. The molecule has 106 valence electrons. The Labute approximate surface area is 110 Å². The number of ether oxygens (including phenoxy) is 3. The SMILES string of the molecule is CCO[C@H]1[C@@H](F)[C@H](n2ccccc2=O)O[C@@H]1COC. The molecule has 0 radical (unpaired) electrons. The van der Waals surface area contributed by atoms with Crippen molar-refractivity contribution < 1.29 is 18.6 Å². The molecule has 1 fully saturated rings.